The van der Waals surface area contributed by atoms with Crippen LogP contribution in [0.4, 0.5) is 0 Å². The highest BCUT2D eigenvalue weighted by molar-refractivity contribution is 7.90. The quantitative estimate of drug-likeness (QED) is 0.758. The predicted molar refractivity (Wildman–Crippen MR) is 112 cm³/mol. The number of carbonyl (C=O) groups is 2. The minimum atomic E-state index is -3.66. The summed E-state index contributed by atoms with van der Waals surface area (Å²) in [5, 5.41) is 0.495. The summed E-state index contributed by atoms with van der Waals surface area (Å²) in [6.07, 6.45) is 3.64. The Balaban J connectivity index is 1.48. The average Bonchev–Trinajstić information content (AvgIpc) is 2.69. The van der Waals surface area contributed by atoms with Crippen LogP contribution in [0.2, 0.25) is 5.02 Å². The van der Waals surface area contributed by atoms with Crippen molar-refractivity contribution in [3.8, 4) is 0 Å². The van der Waals surface area contributed by atoms with E-state index in [1.807, 2.05) is 0 Å². The Morgan fingerprint density at radius 3 is 2.31 bits per heavy atom. The van der Waals surface area contributed by atoms with Crippen molar-refractivity contribution in [1.82, 2.24) is 14.5 Å². The monoisotopic (exact) mass is 441 g/mol. The van der Waals surface area contributed by atoms with Gasteiger partial charge in [-0.15, -0.1) is 0 Å². The zero-order valence-corrected chi connectivity index (χ0v) is 18.2. The van der Waals surface area contributed by atoms with Gasteiger partial charge in [-0.05, 0) is 49.8 Å². The second-order valence-electron chi connectivity index (χ2n) is 8.02. The summed E-state index contributed by atoms with van der Waals surface area (Å²) in [5.41, 5.74) is 0.505. The number of hydrogen-bond donors (Lipinski definition) is 1. The van der Waals surface area contributed by atoms with Crippen molar-refractivity contribution in [3.63, 3.8) is 0 Å². The number of sulfonamides is 1. The van der Waals surface area contributed by atoms with Gasteiger partial charge in [0.2, 0.25) is 15.9 Å². The molecule has 0 aromatic heterocycles. The van der Waals surface area contributed by atoms with Crippen molar-refractivity contribution < 1.29 is 18.0 Å². The Morgan fingerprint density at radius 2 is 1.69 bits per heavy atom. The Bertz CT molecular complexity index is 845. The summed E-state index contributed by atoms with van der Waals surface area (Å²) in [5.74, 6) is -0.471. The molecule has 0 unspecified atom stereocenters. The van der Waals surface area contributed by atoms with Gasteiger partial charge in [-0.3, -0.25) is 9.59 Å². The van der Waals surface area contributed by atoms with Crippen molar-refractivity contribution >= 4 is 33.4 Å². The van der Waals surface area contributed by atoms with Gasteiger partial charge in [-0.1, -0.05) is 24.6 Å². The van der Waals surface area contributed by atoms with Crippen LogP contribution >= 0.6 is 11.6 Å². The third kappa shape index (κ3) is 6.17. The molecule has 2 aliphatic rings. The van der Waals surface area contributed by atoms with Gasteiger partial charge in [-0.25, -0.2) is 13.1 Å². The SMILES string of the molecule is CC1CCC(NS(=O)(=O)CC(=O)N2CCN(C(=O)c3cccc(Cl)c3)CC2)CC1. The molecule has 1 heterocycles. The molecule has 29 heavy (non-hydrogen) atoms. The van der Waals surface area contributed by atoms with Crippen LogP contribution in [-0.2, 0) is 14.8 Å². The lowest BCUT2D eigenvalue weighted by Crippen LogP contribution is -2.52. The summed E-state index contributed by atoms with van der Waals surface area (Å²) in [6, 6.07) is 6.68. The van der Waals surface area contributed by atoms with Gasteiger partial charge in [0.05, 0.1) is 0 Å². The fourth-order valence-electron chi connectivity index (χ4n) is 3.89. The van der Waals surface area contributed by atoms with Gasteiger partial charge in [0, 0.05) is 42.8 Å². The summed E-state index contributed by atoms with van der Waals surface area (Å²) in [7, 11) is -3.66. The van der Waals surface area contributed by atoms with Gasteiger partial charge in [-0.2, -0.15) is 0 Å². The molecule has 2 amide bonds. The third-order valence-electron chi connectivity index (χ3n) is 5.67. The topological polar surface area (TPSA) is 86.8 Å². The molecule has 1 N–H and O–H groups in total. The number of benzene rings is 1. The van der Waals surface area contributed by atoms with E-state index in [0.29, 0.717) is 42.7 Å². The van der Waals surface area contributed by atoms with Gasteiger partial charge in [0.25, 0.3) is 5.91 Å². The zero-order valence-electron chi connectivity index (χ0n) is 16.6. The number of halogens is 1. The molecule has 1 saturated heterocycles. The number of nitrogens with one attached hydrogen (secondary N) is 1. The Hall–Kier alpha value is -1.64. The normalized spacial score (nSPS) is 23.1. The van der Waals surface area contributed by atoms with E-state index < -0.39 is 21.7 Å². The maximum atomic E-state index is 12.6. The van der Waals surface area contributed by atoms with Gasteiger partial charge >= 0.3 is 0 Å². The Labute approximate surface area is 177 Å². The molecule has 0 bridgehead atoms. The average molecular weight is 442 g/mol. The van der Waals surface area contributed by atoms with Crippen molar-refractivity contribution in [3.05, 3.63) is 34.9 Å². The lowest BCUT2D eigenvalue weighted by molar-refractivity contribution is -0.129. The number of carbonyl (C=O) groups excluding carboxylic acids is 2. The molecule has 0 spiro atoms. The van der Waals surface area contributed by atoms with Gasteiger partial charge in [0.15, 0.2) is 0 Å². The molecule has 3 rings (SSSR count). The number of nitrogens with zero attached hydrogens (tertiary/aromatic N) is 2. The molecule has 2 fully saturated rings. The molecule has 0 radical (unpaired) electrons. The number of amides is 2. The molecular formula is C20H28ClN3O4S. The first-order valence-corrected chi connectivity index (χ1v) is 12.1. The van der Waals surface area contributed by atoms with E-state index >= 15 is 0 Å². The van der Waals surface area contributed by atoms with E-state index in [1.165, 1.54) is 4.90 Å². The first-order valence-electron chi connectivity index (χ1n) is 10.1. The third-order valence-corrected chi connectivity index (χ3v) is 7.22. The second kappa shape index (κ2) is 9.45. The van der Waals surface area contributed by atoms with E-state index in [2.05, 4.69) is 11.6 Å². The van der Waals surface area contributed by atoms with Gasteiger partial charge < -0.3 is 9.80 Å². The van der Waals surface area contributed by atoms with Crippen LogP contribution in [0.3, 0.4) is 0 Å². The summed E-state index contributed by atoms with van der Waals surface area (Å²) in [6.45, 7) is 3.55. The molecule has 160 valence electrons. The Kier molecular flexibility index (Phi) is 7.19. The van der Waals surface area contributed by atoms with Crippen LogP contribution < -0.4 is 4.72 Å². The van der Waals surface area contributed by atoms with Crippen LogP contribution in [0.25, 0.3) is 0 Å². The lowest BCUT2D eigenvalue weighted by atomic mass is 9.88. The molecule has 1 aliphatic carbocycles. The first kappa shape index (κ1) is 22.1. The minimum absolute atomic E-state index is 0.0730. The van der Waals surface area contributed by atoms with Crippen molar-refractivity contribution in [2.24, 2.45) is 5.92 Å². The number of piperazine rings is 1. The molecular weight excluding hydrogens is 414 g/mol. The molecule has 1 aliphatic heterocycles. The fraction of sp³-hybridized carbons (Fsp3) is 0.600. The van der Waals surface area contributed by atoms with E-state index in [1.54, 1.807) is 29.2 Å². The largest absolute Gasteiger partial charge is 0.338 e. The smallest absolute Gasteiger partial charge is 0.254 e. The lowest BCUT2D eigenvalue weighted by Gasteiger charge is -2.35. The van der Waals surface area contributed by atoms with Crippen LogP contribution in [0.5, 0.6) is 0 Å². The highest BCUT2D eigenvalue weighted by Crippen LogP contribution is 2.24. The minimum Gasteiger partial charge on any atom is -0.338 e. The van der Waals surface area contributed by atoms with Crippen LogP contribution in [-0.4, -0.2) is 68.0 Å². The molecule has 1 aromatic rings. The summed E-state index contributed by atoms with van der Waals surface area (Å²) >= 11 is 5.94. The van der Waals surface area contributed by atoms with Crippen molar-refractivity contribution in [2.75, 3.05) is 31.9 Å². The number of hydrogen-bond acceptors (Lipinski definition) is 4. The summed E-state index contributed by atoms with van der Waals surface area (Å²) in [4.78, 5) is 28.2. The predicted octanol–water partition coefficient (Wildman–Crippen LogP) is 2.12. The fourth-order valence-corrected chi connectivity index (χ4v) is 5.42. The van der Waals surface area contributed by atoms with Crippen LogP contribution in [0, 0.1) is 5.92 Å². The standard InChI is InChI=1S/C20H28ClN3O4S/c1-15-5-7-18(8-6-15)22-29(27,28)14-19(25)23-9-11-24(12-10-23)20(26)16-3-2-4-17(21)13-16/h2-4,13,15,18,22H,5-12,14H2,1H3. The van der Waals surface area contributed by atoms with E-state index in [9.17, 15) is 18.0 Å². The summed E-state index contributed by atoms with van der Waals surface area (Å²) < 4.78 is 27.5. The zero-order chi connectivity index (χ0) is 21.0. The van der Waals surface area contributed by atoms with Crippen molar-refractivity contribution in [1.29, 1.82) is 0 Å². The van der Waals surface area contributed by atoms with Gasteiger partial charge in [0.1, 0.15) is 5.75 Å². The first-order chi connectivity index (χ1) is 13.7. The molecule has 9 heteroatoms. The van der Waals surface area contributed by atoms with E-state index in [0.717, 1.165) is 25.7 Å². The van der Waals surface area contributed by atoms with Crippen molar-refractivity contribution in [2.45, 2.75) is 38.6 Å². The maximum Gasteiger partial charge on any atom is 0.254 e. The van der Waals surface area contributed by atoms with E-state index in [-0.39, 0.29) is 11.9 Å². The molecule has 1 aromatic carbocycles. The maximum absolute atomic E-state index is 12.6. The van der Waals surface area contributed by atoms with Crippen LogP contribution in [0.15, 0.2) is 24.3 Å². The molecule has 7 nitrogen and oxygen atoms in total. The van der Waals surface area contributed by atoms with E-state index in [4.69, 9.17) is 11.6 Å². The molecule has 0 atom stereocenters. The highest BCUT2D eigenvalue weighted by Gasteiger charge is 2.29. The Morgan fingerprint density at radius 1 is 1.07 bits per heavy atom. The van der Waals surface area contributed by atoms with Crippen LogP contribution in [0.1, 0.15) is 43.0 Å². The molecule has 1 saturated carbocycles. The highest BCUT2D eigenvalue weighted by atomic mass is 35.5. The number of rotatable bonds is 5. The second-order valence-corrected chi connectivity index (χ2v) is 10.2.